The molecule has 1 fully saturated rings. The van der Waals surface area contributed by atoms with Gasteiger partial charge < -0.3 is 5.73 Å². The van der Waals surface area contributed by atoms with Crippen LogP contribution in [0, 0.1) is 0 Å². The second-order valence-electron chi connectivity index (χ2n) is 4.59. The molecule has 1 aliphatic carbocycles. The van der Waals surface area contributed by atoms with Crippen LogP contribution in [0.5, 0.6) is 0 Å². The van der Waals surface area contributed by atoms with Gasteiger partial charge in [0.1, 0.15) is 5.69 Å². The van der Waals surface area contributed by atoms with Crippen LogP contribution in [0.4, 0.5) is 19.0 Å². The number of alkyl halides is 3. The summed E-state index contributed by atoms with van der Waals surface area (Å²) in [6.45, 7) is 0. The highest BCUT2D eigenvalue weighted by molar-refractivity contribution is 5.47. The van der Waals surface area contributed by atoms with Crippen LogP contribution in [0.1, 0.15) is 30.0 Å². The van der Waals surface area contributed by atoms with Gasteiger partial charge in [-0.25, -0.2) is 0 Å². The van der Waals surface area contributed by atoms with Crippen molar-refractivity contribution in [2.75, 3.05) is 5.73 Å². The van der Waals surface area contributed by atoms with Crippen LogP contribution in [-0.4, -0.2) is 15.0 Å². The van der Waals surface area contributed by atoms with E-state index >= 15 is 0 Å². The molecular weight excluding hydrogens is 257 g/mol. The van der Waals surface area contributed by atoms with Crippen molar-refractivity contribution >= 4 is 5.82 Å². The van der Waals surface area contributed by atoms with Crippen LogP contribution < -0.4 is 5.73 Å². The lowest BCUT2D eigenvalue weighted by molar-refractivity contribution is -0.137. The largest absolute Gasteiger partial charge is 0.416 e. The van der Waals surface area contributed by atoms with Crippen molar-refractivity contribution in [1.29, 1.82) is 0 Å². The number of nitrogens with zero attached hydrogens (tertiary/aromatic N) is 3. The number of aromatic nitrogens is 3. The average molecular weight is 268 g/mol. The first-order valence-electron chi connectivity index (χ1n) is 5.85. The van der Waals surface area contributed by atoms with E-state index in [9.17, 15) is 13.2 Å². The lowest BCUT2D eigenvalue weighted by atomic mass is 10.2. The summed E-state index contributed by atoms with van der Waals surface area (Å²) in [4.78, 5) is 0. The van der Waals surface area contributed by atoms with Crippen molar-refractivity contribution in [3.8, 4) is 5.69 Å². The Kier molecular flexibility index (Phi) is 2.51. The maximum Gasteiger partial charge on any atom is 0.416 e. The Bertz CT molecular complexity index is 596. The summed E-state index contributed by atoms with van der Waals surface area (Å²) < 4.78 is 38.7. The van der Waals surface area contributed by atoms with E-state index in [1.807, 2.05) is 0 Å². The molecule has 3 rings (SSSR count). The second kappa shape index (κ2) is 3.97. The number of halogens is 3. The molecule has 0 unspecified atom stereocenters. The summed E-state index contributed by atoms with van der Waals surface area (Å²) in [6.07, 6.45) is -2.27. The number of nitrogen functional groups attached to an aromatic ring is 1. The van der Waals surface area contributed by atoms with Crippen molar-refractivity contribution < 1.29 is 13.2 Å². The van der Waals surface area contributed by atoms with Gasteiger partial charge in [0.05, 0.1) is 11.3 Å². The van der Waals surface area contributed by atoms with Crippen molar-refractivity contribution in [3.05, 3.63) is 35.5 Å². The van der Waals surface area contributed by atoms with E-state index in [2.05, 4.69) is 10.3 Å². The maximum absolute atomic E-state index is 12.5. The summed E-state index contributed by atoms with van der Waals surface area (Å²) in [5.74, 6) is 0.755. The van der Waals surface area contributed by atoms with E-state index in [0.717, 1.165) is 30.7 Å². The molecule has 0 atom stereocenters. The molecule has 19 heavy (non-hydrogen) atoms. The molecule has 4 nitrogen and oxygen atoms in total. The third-order valence-electron chi connectivity index (χ3n) is 3.14. The molecule has 0 saturated heterocycles. The average Bonchev–Trinajstić information content (AvgIpc) is 3.12. The summed E-state index contributed by atoms with van der Waals surface area (Å²) in [6, 6.07) is 4.69. The van der Waals surface area contributed by atoms with Crippen LogP contribution in [0.2, 0.25) is 0 Å². The molecule has 1 heterocycles. The predicted octanol–water partition coefficient (Wildman–Crippen LogP) is 2.75. The first-order valence-corrected chi connectivity index (χ1v) is 5.85. The number of benzene rings is 1. The Hall–Kier alpha value is -2.05. The Labute approximate surface area is 107 Å². The zero-order valence-corrected chi connectivity index (χ0v) is 9.85. The minimum atomic E-state index is -4.34. The number of hydrogen-bond donors (Lipinski definition) is 1. The highest BCUT2D eigenvalue weighted by Gasteiger charge is 2.31. The molecule has 1 saturated carbocycles. The lowest BCUT2D eigenvalue weighted by Crippen LogP contribution is -2.06. The van der Waals surface area contributed by atoms with Gasteiger partial charge in [0.25, 0.3) is 0 Å². The van der Waals surface area contributed by atoms with E-state index in [-0.39, 0.29) is 0 Å². The van der Waals surface area contributed by atoms with Gasteiger partial charge in [-0.2, -0.15) is 17.9 Å². The highest BCUT2D eigenvalue weighted by atomic mass is 19.4. The lowest BCUT2D eigenvalue weighted by Gasteiger charge is -2.08. The van der Waals surface area contributed by atoms with Gasteiger partial charge in [-0.15, -0.1) is 5.10 Å². The fourth-order valence-electron chi connectivity index (χ4n) is 1.93. The van der Waals surface area contributed by atoms with E-state index in [1.165, 1.54) is 16.8 Å². The van der Waals surface area contributed by atoms with Crippen LogP contribution in [0.15, 0.2) is 24.3 Å². The number of hydrogen-bond acceptors (Lipinski definition) is 3. The Morgan fingerprint density at radius 2 is 1.79 bits per heavy atom. The fourth-order valence-corrected chi connectivity index (χ4v) is 1.93. The smallest absolute Gasteiger partial charge is 0.382 e. The summed E-state index contributed by atoms with van der Waals surface area (Å²) >= 11 is 0. The Morgan fingerprint density at radius 3 is 2.32 bits per heavy atom. The van der Waals surface area contributed by atoms with E-state index in [0.29, 0.717) is 17.4 Å². The van der Waals surface area contributed by atoms with Crippen LogP contribution in [0.3, 0.4) is 0 Å². The molecule has 1 aromatic carbocycles. The molecule has 2 N–H and O–H groups in total. The molecule has 1 aromatic heterocycles. The summed E-state index contributed by atoms with van der Waals surface area (Å²) in [5, 5.41) is 7.89. The molecule has 2 aromatic rings. The molecule has 7 heteroatoms. The molecule has 1 aliphatic rings. The SMILES string of the molecule is Nc1c(C2CC2)nnn1-c1ccc(C(F)(F)F)cc1. The van der Waals surface area contributed by atoms with Gasteiger partial charge in [0.2, 0.25) is 0 Å². The number of nitrogens with two attached hydrogens (primary N) is 1. The summed E-state index contributed by atoms with van der Waals surface area (Å²) in [5.41, 5.74) is 6.43. The molecule has 0 bridgehead atoms. The van der Waals surface area contributed by atoms with Crippen molar-refractivity contribution in [3.63, 3.8) is 0 Å². The molecule has 0 aliphatic heterocycles. The van der Waals surface area contributed by atoms with Gasteiger partial charge >= 0.3 is 6.18 Å². The molecule has 0 radical (unpaired) electrons. The minimum absolute atomic E-state index is 0.350. The first-order chi connectivity index (χ1) is 8.97. The van der Waals surface area contributed by atoms with Gasteiger partial charge in [-0.1, -0.05) is 5.21 Å². The van der Waals surface area contributed by atoms with Crippen molar-refractivity contribution in [2.45, 2.75) is 24.9 Å². The molecule has 0 amide bonds. The maximum atomic E-state index is 12.5. The predicted molar refractivity (Wildman–Crippen MR) is 62.7 cm³/mol. The van der Waals surface area contributed by atoms with E-state index < -0.39 is 11.7 Å². The van der Waals surface area contributed by atoms with Crippen molar-refractivity contribution in [1.82, 2.24) is 15.0 Å². The fraction of sp³-hybridized carbons (Fsp3) is 0.333. The monoisotopic (exact) mass is 268 g/mol. The Morgan fingerprint density at radius 1 is 1.16 bits per heavy atom. The van der Waals surface area contributed by atoms with E-state index in [1.54, 1.807) is 0 Å². The normalized spacial score (nSPS) is 15.7. The molecular formula is C12H11F3N4. The third-order valence-corrected chi connectivity index (χ3v) is 3.14. The van der Waals surface area contributed by atoms with Crippen LogP contribution >= 0.6 is 0 Å². The second-order valence-corrected chi connectivity index (χ2v) is 4.59. The van der Waals surface area contributed by atoms with Gasteiger partial charge in [-0.3, -0.25) is 0 Å². The molecule has 0 spiro atoms. The highest BCUT2D eigenvalue weighted by Crippen LogP contribution is 2.41. The van der Waals surface area contributed by atoms with Gasteiger partial charge in [-0.05, 0) is 37.1 Å². The van der Waals surface area contributed by atoms with Crippen molar-refractivity contribution in [2.24, 2.45) is 0 Å². The number of rotatable bonds is 2. The minimum Gasteiger partial charge on any atom is -0.382 e. The van der Waals surface area contributed by atoms with Crippen LogP contribution in [0.25, 0.3) is 5.69 Å². The topological polar surface area (TPSA) is 56.7 Å². The summed E-state index contributed by atoms with van der Waals surface area (Å²) in [7, 11) is 0. The Balaban J connectivity index is 1.94. The van der Waals surface area contributed by atoms with Crippen LogP contribution in [-0.2, 0) is 6.18 Å². The van der Waals surface area contributed by atoms with E-state index in [4.69, 9.17) is 5.73 Å². The zero-order chi connectivity index (χ0) is 13.6. The quantitative estimate of drug-likeness (QED) is 0.911. The third kappa shape index (κ3) is 2.16. The molecule has 100 valence electrons. The number of anilines is 1. The standard InChI is InChI=1S/C12H11F3N4/c13-12(14,15)8-3-5-9(6-4-8)19-11(16)10(17-18-19)7-1-2-7/h3-7H,1-2,16H2. The zero-order valence-electron chi connectivity index (χ0n) is 9.85. The van der Waals surface area contributed by atoms with Gasteiger partial charge in [0, 0.05) is 5.92 Å². The van der Waals surface area contributed by atoms with Gasteiger partial charge in [0.15, 0.2) is 5.82 Å². The first kappa shape index (κ1) is 12.0.